The first kappa shape index (κ1) is 18.1. The Kier molecular flexibility index (Phi) is 5.38. The van der Waals surface area contributed by atoms with Crippen LogP contribution in [0.5, 0.6) is 0 Å². The number of carbonyl (C=O) groups excluding carboxylic acids is 1. The molecule has 0 N–H and O–H groups in total. The predicted octanol–water partition coefficient (Wildman–Crippen LogP) is 4.25. The first-order valence-corrected chi connectivity index (χ1v) is 9.27. The van der Waals surface area contributed by atoms with Crippen LogP contribution in [0.15, 0.2) is 71.1 Å². The van der Waals surface area contributed by atoms with Gasteiger partial charge in [0.2, 0.25) is 0 Å². The van der Waals surface area contributed by atoms with E-state index in [4.69, 9.17) is 0 Å². The van der Waals surface area contributed by atoms with Gasteiger partial charge in [0.25, 0.3) is 5.56 Å². The number of nitrogens with zero attached hydrogens (tertiary/aromatic N) is 2. The summed E-state index contributed by atoms with van der Waals surface area (Å²) in [5.74, 6) is 0.0163. The van der Waals surface area contributed by atoms with Gasteiger partial charge in [0.05, 0.1) is 16.2 Å². The van der Waals surface area contributed by atoms with E-state index in [9.17, 15) is 9.59 Å². The molecule has 0 saturated carbocycles. The standard InChI is InChI=1S/C21H20N2O2S/c1-4-13-23-20(25)17-7-5-6-8-18(17)22-21(23)26-15(3)19(24)16-11-9-14(2)10-12-16/h4-12,15H,1,13H2,2-3H3. The van der Waals surface area contributed by atoms with E-state index in [1.165, 1.54) is 11.8 Å². The van der Waals surface area contributed by atoms with Crippen molar-refractivity contribution in [3.8, 4) is 0 Å². The van der Waals surface area contributed by atoms with Crippen molar-refractivity contribution in [3.63, 3.8) is 0 Å². The maximum atomic E-state index is 12.8. The minimum absolute atomic E-state index is 0.0163. The molecule has 26 heavy (non-hydrogen) atoms. The Labute approximate surface area is 156 Å². The van der Waals surface area contributed by atoms with E-state index in [0.29, 0.717) is 28.2 Å². The van der Waals surface area contributed by atoms with Crippen LogP contribution in [0.1, 0.15) is 22.8 Å². The van der Waals surface area contributed by atoms with Gasteiger partial charge in [0.1, 0.15) is 0 Å². The largest absolute Gasteiger partial charge is 0.293 e. The maximum absolute atomic E-state index is 12.8. The van der Waals surface area contributed by atoms with Crippen LogP contribution in [0.3, 0.4) is 0 Å². The number of aryl methyl sites for hydroxylation is 1. The molecule has 0 aliphatic heterocycles. The summed E-state index contributed by atoms with van der Waals surface area (Å²) in [5, 5.41) is 0.736. The summed E-state index contributed by atoms with van der Waals surface area (Å²) in [6, 6.07) is 14.8. The second-order valence-corrected chi connectivity index (χ2v) is 7.41. The molecule has 1 aromatic heterocycles. The Balaban J connectivity index is 1.97. The molecule has 4 nitrogen and oxygen atoms in total. The van der Waals surface area contributed by atoms with Crippen LogP contribution < -0.4 is 5.56 Å². The number of rotatable bonds is 6. The van der Waals surface area contributed by atoms with E-state index in [1.807, 2.05) is 56.3 Å². The van der Waals surface area contributed by atoms with Gasteiger partial charge in [-0.25, -0.2) is 4.98 Å². The van der Waals surface area contributed by atoms with Crippen molar-refractivity contribution in [3.05, 3.63) is 82.7 Å². The van der Waals surface area contributed by atoms with Gasteiger partial charge in [-0.3, -0.25) is 14.2 Å². The van der Waals surface area contributed by atoms with Gasteiger partial charge >= 0.3 is 0 Å². The Bertz CT molecular complexity index is 1020. The van der Waals surface area contributed by atoms with Crippen molar-refractivity contribution in [2.24, 2.45) is 0 Å². The third kappa shape index (κ3) is 3.63. The van der Waals surface area contributed by atoms with Gasteiger partial charge in [-0.2, -0.15) is 0 Å². The zero-order chi connectivity index (χ0) is 18.7. The number of ketones is 1. The summed E-state index contributed by atoms with van der Waals surface area (Å²) in [6.45, 7) is 7.90. The lowest BCUT2D eigenvalue weighted by Gasteiger charge is -2.15. The molecule has 3 aromatic rings. The molecule has 0 aliphatic carbocycles. The SMILES string of the molecule is C=CCn1c(SC(C)C(=O)c2ccc(C)cc2)nc2ccccc2c1=O. The number of benzene rings is 2. The monoisotopic (exact) mass is 364 g/mol. The molecule has 0 spiro atoms. The van der Waals surface area contributed by atoms with Crippen molar-refractivity contribution in [2.45, 2.75) is 30.8 Å². The summed E-state index contributed by atoms with van der Waals surface area (Å²) in [6.07, 6.45) is 1.66. The molecular formula is C21H20N2O2S. The maximum Gasteiger partial charge on any atom is 0.262 e. The van der Waals surface area contributed by atoms with Crippen molar-refractivity contribution >= 4 is 28.4 Å². The topological polar surface area (TPSA) is 52.0 Å². The second-order valence-electron chi connectivity index (χ2n) is 6.11. The van der Waals surface area contributed by atoms with E-state index in [1.54, 1.807) is 16.7 Å². The van der Waals surface area contributed by atoms with Crippen molar-refractivity contribution in [2.75, 3.05) is 0 Å². The predicted molar refractivity (Wildman–Crippen MR) is 107 cm³/mol. The molecule has 0 bridgehead atoms. The first-order valence-electron chi connectivity index (χ1n) is 8.39. The highest BCUT2D eigenvalue weighted by Gasteiger charge is 2.20. The van der Waals surface area contributed by atoms with Crippen LogP contribution in [0.2, 0.25) is 0 Å². The van der Waals surface area contributed by atoms with Crippen LogP contribution >= 0.6 is 11.8 Å². The highest BCUT2D eigenvalue weighted by molar-refractivity contribution is 8.00. The third-order valence-corrected chi connectivity index (χ3v) is 5.22. The van der Waals surface area contributed by atoms with Gasteiger partial charge in [-0.1, -0.05) is 59.8 Å². The van der Waals surface area contributed by atoms with Crippen LogP contribution in [0.25, 0.3) is 10.9 Å². The fraction of sp³-hybridized carbons (Fsp3) is 0.190. The quantitative estimate of drug-likeness (QED) is 0.284. The first-order chi connectivity index (χ1) is 12.5. The third-order valence-electron chi connectivity index (χ3n) is 4.13. The number of hydrogen-bond acceptors (Lipinski definition) is 4. The lowest BCUT2D eigenvalue weighted by atomic mass is 10.1. The number of allylic oxidation sites excluding steroid dienone is 1. The van der Waals surface area contributed by atoms with Gasteiger partial charge < -0.3 is 0 Å². The molecule has 2 aromatic carbocycles. The summed E-state index contributed by atoms with van der Waals surface area (Å²) < 4.78 is 1.57. The lowest BCUT2D eigenvalue weighted by molar-refractivity contribution is 0.0994. The molecule has 0 saturated heterocycles. The molecule has 0 amide bonds. The lowest BCUT2D eigenvalue weighted by Crippen LogP contribution is -2.24. The number of aromatic nitrogens is 2. The molecule has 132 valence electrons. The number of hydrogen-bond donors (Lipinski definition) is 0. The van der Waals surface area contributed by atoms with Crippen LogP contribution in [-0.2, 0) is 6.54 Å². The zero-order valence-corrected chi connectivity index (χ0v) is 15.6. The Morgan fingerprint density at radius 3 is 2.62 bits per heavy atom. The number of thioether (sulfide) groups is 1. The minimum atomic E-state index is -0.359. The Hall–Kier alpha value is -2.66. The van der Waals surface area contributed by atoms with Crippen LogP contribution in [0.4, 0.5) is 0 Å². The van der Waals surface area contributed by atoms with E-state index in [2.05, 4.69) is 11.6 Å². The molecule has 1 atom stereocenters. The Morgan fingerprint density at radius 2 is 1.92 bits per heavy atom. The molecular weight excluding hydrogens is 344 g/mol. The normalized spacial score (nSPS) is 12.1. The van der Waals surface area contributed by atoms with E-state index < -0.39 is 0 Å². The van der Waals surface area contributed by atoms with Gasteiger partial charge in [-0.05, 0) is 26.0 Å². The molecule has 0 radical (unpaired) electrons. The molecule has 1 unspecified atom stereocenters. The summed E-state index contributed by atoms with van der Waals surface area (Å²) >= 11 is 1.30. The summed E-state index contributed by atoms with van der Waals surface area (Å²) in [4.78, 5) is 30.1. The number of fused-ring (bicyclic) bond motifs is 1. The smallest absolute Gasteiger partial charge is 0.262 e. The molecule has 0 aliphatic rings. The summed E-state index contributed by atoms with van der Waals surface area (Å²) in [7, 11) is 0. The van der Waals surface area contributed by atoms with Gasteiger partial charge in [-0.15, -0.1) is 6.58 Å². The van der Waals surface area contributed by atoms with Crippen molar-refractivity contribution in [1.29, 1.82) is 0 Å². The van der Waals surface area contributed by atoms with Gasteiger partial charge in [0, 0.05) is 12.1 Å². The molecule has 1 heterocycles. The van der Waals surface area contributed by atoms with Crippen LogP contribution in [-0.4, -0.2) is 20.6 Å². The van der Waals surface area contributed by atoms with Gasteiger partial charge in [0.15, 0.2) is 10.9 Å². The van der Waals surface area contributed by atoms with Crippen molar-refractivity contribution in [1.82, 2.24) is 9.55 Å². The van der Waals surface area contributed by atoms with E-state index in [0.717, 1.165) is 5.56 Å². The van der Waals surface area contributed by atoms with Crippen LogP contribution in [0, 0.1) is 6.92 Å². The van der Waals surface area contributed by atoms with E-state index >= 15 is 0 Å². The fourth-order valence-corrected chi connectivity index (χ4v) is 3.69. The number of para-hydroxylation sites is 1. The minimum Gasteiger partial charge on any atom is -0.293 e. The average Bonchev–Trinajstić information content (AvgIpc) is 2.65. The Morgan fingerprint density at radius 1 is 1.23 bits per heavy atom. The number of carbonyl (C=O) groups is 1. The number of Topliss-reactive ketones (excluding diaryl/α,β-unsaturated/α-hetero) is 1. The van der Waals surface area contributed by atoms with E-state index in [-0.39, 0.29) is 16.6 Å². The molecule has 5 heteroatoms. The fourth-order valence-electron chi connectivity index (χ4n) is 2.69. The second kappa shape index (κ2) is 7.70. The average molecular weight is 364 g/mol. The summed E-state index contributed by atoms with van der Waals surface area (Å²) in [5.41, 5.74) is 2.29. The van der Waals surface area contributed by atoms with Crippen molar-refractivity contribution < 1.29 is 4.79 Å². The highest BCUT2D eigenvalue weighted by atomic mass is 32.2. The molecule has 3 rings (SSSR count). The molecule has 0 fully saturated rings. The highest BCUT2D eigenvalue weighted by Crippen LogP contribution is 2.25. The zero-order valence-electron chi connectivity index (χ0n) is 14.8.